The summed E-state index contributed by atoms with van der Waals surface area (Å²) in [5, 5.41) is 1.55. The molecule has 0 aliphatic rings. The number of rotatable bonds is 5. The van der Waals surface area contributed by atoms with Crippen LogP contribution in [-0.2, 0) is 14.8 Å². The summed E-state index contributed by atoms with van der Waals surface area (Å²) in [7, 11) is -2.53. The normalized spacial score (nSPS) is 12.5. The van der Waals surface area contributed by atoms with Crippen molar-refractivity contribution in [2.45, 2.75) is 19.1 Å². The van der Waals surface area contributed by atoms with Crippen LogP contribution < -0.4 is 11.1 Å². The van der Waals surface area contributed by atoms with Gasteiger partial charge in [-0.3, -0.25) is 4.79 Å². The van der Waals surface area contributed by atoms with Crippen molar-refractivity contribution >= 4 is 38.6 Å². The lowest BCUT2D eigenvalue weighted by atomic mass is 10.0. The van der Waals surface area contributed by atoms with E-state index in [9.17, 15) is 22.0 Å². The van der Waals surface area contributed by atoms with Gasteiger partial charge < -0.3 is 11.1 Å². The predicted molar refractivity (Wildman–Crippen MR) is 109 cm³/mol. The maximum Gasteiger partial charge on any atom is 0.245 e. The maximum atomic E-state index is 14.5. The molecule has 0 unspecified atom stereocenters. The number of anilines is 1. The van der Waals surface area contributed by atoms with E-state index in [1.54, 1.807) is 0 Å². The summed E-state index contributed by atoms with van der Waals surface area (Å²) in [6, 6.07) is 5.65. The van der Waals surface area contributed by atoms with Gasteiger partial charge in [-0.2, -0.15) is 3.97 Å². The van der Waals surface area contributed by atoms with Crippen LogP contribution in [0.2, 0.25) is 0 Å². The molecule has 0 saturated carbocycles. The van der Waals surface area contributed by atoms with Gasteiger partial charge in [-0.15, -0.1) is 0 Å². The molecule has 3 rings (SSSR count). The van der Waals surface area contributed by atoms with Gasteiger partial charge in [-0.05, 0) is 44.2 Å². The van der Waals surface area contributed by atoms with E-state index in [4.69, 9.17) is 5.73 Å². The summed E-state index contributed by atoms with van der Waals surface area (Å²) in [4.78, 5) is 20.3. The topological polar surface area (TPSA) is 120 Å². The molecule has 0 atom stereocenters. The fourth-order valence-electron chi connectivity index (χ4n) is 2.76. The van der Waals surface area contributed by atoms with E-state index in [1.807, 2.05) is 0 Å². The third-order valence-electron chi connectivity index (χ3n) is 4.36. The molecule has 0 aliphatic heterocycles. The molecule has 1 amide bonds. The second-order valence-corrected chi connectivity index (χ2v) is 9.00. The van der Waals surface area contributed by atoms with Crippen molar-refractivity contribution in [3.05, 3.63) is 59.3 Å². The van der Waals surface area contributed by atoms with Gasteiger partial charge >= 0.3 is 0 Å². The molecule has 30 heavy (non-hydrogen) atoms. The van der Waals surface area contributed by atoms with E-state index in [0.717, 1.165) is 28.2 Å². The number of halogens is 2. The van der Waals surface area contributed by atoms with Crippen LogP contribution >= 0.6 is 0 Å². The number of benzene rings is 1. The summed E-state index contributed by atoms with van der Waals surface area (Å²) >= 11 is 0. The van der Waals surface area contributed by atoms with Crippen molar-refractivity contribution in [1.82, 2.24) is 19.3 Å². The van der Waals surface area contributed by atoms with Gasteiger partial charge in [-0.1, -0.05) is 0 Å². The second-order valence-electron chi connectivity index (χ2n) is 6.66. The molecule has 3 aromatic rings. The van der Waals surface area contributed by atoms with Crippen molar-refractivity contribution in [2.75, 3.05) is 12.8 Å². The number of fused-ring (bicyclic) bond motifs is 1. The Morgan fingerprint density at radius 2 is 1.90 bits per heavy atom. The van der Waals surface area contributed by atoms with E-state index >= 15 is 0 Å². The quantitative estimate of drug-likeness (QED) is 0.592. The zero-order chi connectivity index (χ0) is 22.2. The highest BCUT2D eigenvalue weighted by atomic mass is 32.2. The number of nitrogens with one attached hydrogen (secondary N) is 1. The van der Waals surface area contributed by atoms with Crippen LogP contribution in [0.25, 0.3) is 16.7 Å². The molecule has 11 heteroatoms. The molecular weight excluding hydrogens is 416 g/mol. The number of hydrogen-bond acceptors (Lipinski definition) is 6. The van der Waals surface area contributed by atoms with Gasteiger partial charge in [0.05, 0.1) is 10.9 Å². The summed E-state index contributed by atoms with van der Waals surface area (Å²) in [6.45, 7) is 2.95. The Morgan fingerprint density at radius 1 is 1.20 bits per heavy atom. The standard InChI is InChI=1S/C19H19F2N5O3S/c1-10(2)30(28,29)26-18-16(25-19(26)22)7-6-15(24-18)13(9-17(27)23-3)12-8-11(20)4-5-14(12)21/h4-10H,1-3H3,(H2,22,25)(H,23,27)/b13-9-. The molecular formula is C19H19F2N5O3S. The highest BCUT2D eigenvalue weighted by molar-refractivity contribution is 7.90. The van der Waals surface area contributed by atoms with Crippen molar-refractivity contribution in [2.24, 2.45) is 0 Å². The number of nitrogen functional groups attached to an aromatic ring is 1. The van der Waals surface area contributed by atoms with Gasteiger partial charge in [-0.25, -0.2) is 27.2 Å². The summed E-state index contributed by atoms with van der Waals surface area (Å²) < 4.78 is 54.5. The van der Waals surface area contributed by atoms with Crippen LogP contribution in [-0.4, -0.2) is 40.6 Å². The van der Waals surface area contributed by atoms with Crippen LogP contribution in [0.15, 0.2) is 36.4 Å². The first kappa shape index (κ1) is 21.4. The van der Waals surface area contributed by atoms with E-state index in [0.29, 0.717) is 0 Å². The zero-order valence-corrected chi connectivity index (χ0v) is 17.2. The number of carbonyl (C=O) groups excluding carboxylic acids is 1. The van der Waals surface area contributed by atoms with Gasteiger partial charge in [0.2, 0.25) is 21.9 Å². The predicted octanol–water partition coefficient (Wildman–Crippen LogP) is 2.06. The molecule has 0 saturated heterocycles. The molecule has 0 fully saturated rings. The van der Waals surface area contributed by atoms with Gasteiger partial charge in [0.25, 0.3) is 0 Å². The molecule has 2 heterocycles. The number of amides is 1. The molecule has 0 radical (unpaired) electrons. The Kier molecular flexibility index (Phi) is 5.57. The molecule has 1 aromatic carbocycles. The van der Waals surface area contributed by atoms with Gasteiger partial charge in [0, 0.05) is 24.3 Å². The lowest BCUT2D eigenvalue weighted by Gasteiger charge is -2.12. The second kappa shape index (κ2) is 7.82. The number of nitrogens with zero attached hydrogens (tertiary/aromatic N) is 3. The average Bonchev–Trinajstić information content (AvgIpc) is 3.03. The van der Waals surface area contributed by atoms with Crippen molar-refractivity contribution in [3.8, 4) is 0 Å². The number of carbonyl (C=O) groups is 1. The SMILES string of the molecule is CNC(=O)/C=C(\c1ccc2nc(N)n(S(=O)(=O)C(C)C)c2n1)c1cc(F)ccc1F. The highest BCUT2D eigenvalue weighted by Crippen LogP contribution is 2.28. The van der Waals surface area contributed by atoms with Crippen LogP contribution in [0, 0.1) is 11.6 Å². The smallest absolute Gasteiger partial charge is 0.245 e. The van der Waals surface area contributed by atoms with Crippen LogP contribution in [0.1, 0.15) is 25.1 Å². The number of nitrogens with two attached hydrogens (primary N) is 1. The molecule has 3 N–H and O–H groups in total. The number of aromatic nitrogens is 3. The number of pyridine rings is 1. The van der Waals surface area contributed by atoms with Gasteiger partial charge in [0.1, 0.15) is 17.2 Å². The van der Waals surface area contributed by atoms with Crippen molar-refractivity contribution in [3.63, 3.8) is 0 Å². The third-order valence-corrected chi connectivity index (χ3v) is 6.42. The molecule has 8 nitrogen and oxygen atoms in total. The molecule has 0 spiro atoms. The Morgan fingerprint density at radius 3 is 2.53 bits per heavy atom. The number of likely N-dealkylation sites (N-methyl/N-ethyl adjacent to an activating group) is 1. The third kappa shape index (κ3) is 3.75. The van der Waals surface area contributed by atoms with Gasteiger partial charge in [0.15, 0.2) is 5.65 Å². The lowest BCUT2D eigenvalue weighted by molar-refractivity contribution is -0.116. The van der Waals surface area contributed by atoms with E-state index in [2.05, 4.69) is 15.3 Å². The van der Waals surface area contributed by atoms with Crippen LogP contribution in [0.3, 0.4) is 0 Å². The Hall–Kier alpha value is -3.34. The minimum absolute atomic E-state index is 0.0377. The van der Waals surface area contributed by atoms with Crippen molar-refractivity contribution in [1.29, 1.82) is 0 Å². The first-order valence-corrected chi connectivity index (χ1v) is 10.3. The average molecular weight is 435 g/mol. The summed E-state index contributed by atoms with van der Waals surface area (Å²) in [5.74, 6) is -2.36. The van der Waals surface area contributed by atoms with E-state index in [1.165, 1.54) is 33.0 Å². The summed E-state index contributed by atoms with van der Waals surface area (Å²) in [5.41, 5.74) is 5.70. The molecule has 158 valence electrons. The lowest BCUT2D eigenvalue weighted by Crippen LogP contribution is -2.24. The fourth-order valence-corrected chi connectivity index (χ4v) is 3.86. The van der Waals surface area contributed by atoms with E-state index < -0.39 is 32.8 Å². The summed E-state index contributed by atoms with van der Waals surface area (Å²) in [6.07, 6.45) is 1.05. The molecule has 0 aliphatic carbocycles. The monoisotopic (exact) mass is 435 g/mol. The molecule has 0 bridgehead atoms. The van der Waals surface area contributed by atoms with Crippen LogP contribution in [0.5, 0.6) is 0 Å². The maximum absolute atomic E-state index is 14.5. The van der Waals surface area contributed by atoms with E-state index in [-0.39, 0.29) is 33.9 Å². The Labute approximate surface area is 171 Å². The Bertz CT molecular complexity index is 1280. The first-order chi connectivity index (χ1) is 14.1. The highest BCUT2D eigenvalue weighted by Gasteiger charge is 2.26. The minimum Gasteiger partial charge on any atom is -0.368 e. The zero-order valence-electron chi connectivity index (χ0n) is 16.3. The van der Waals surface area contributed by atoms with Crippen LogP contribution in [0.4, 0.5) is 14.7 Å². The van der Waals surface area contributed by atoms with Crippen molar-refractivity contribution < 1.29 is 22.0 Å². The largest absolute Gasteiger partial charge is 0.368 e. The fraction of sp³-hybridized carbons (Fsp3) is 0.211. The number of hydrogen-bond donors (Lipinski definition) is 2. The minimum atomic E-state index is -3.91. The first-order valence-electron chi connectivity index (χ1n) is 8.84. The molecule has 2 aromatic heterocycles. The number of imidazole rings is 1. The Balaban J connectivity index is 2.32.